The number of anilines is 1. The smallest absolute Gasteiger partial charge is 0.248 e. The molecule has 34 heavy (non-hydrogen) atoms. The zero-order valence-electron chi connectivity index (χ0n) is 18.8. The fourth-order valence-corrected chi connectivity index (χ4v) is 5.20. The van der Waals surface area contributed by atoms with Crippen molar-refractivity contribution in [1.29, 1.82) is 0 Å². The molecule has 2 heterocycles. The van der Waals surface area contributed by atoms with Crippen molar-refractivity contribution in [2.45, 2.75) is 37.8 Å². The topological polar surface area (TPSA) is 129 Å². The van der Waals surface area contributed by atoms with Crippen LogP contribution in [0.5, 0.6) is 11.5 Å². The summed E-state index contributed by atoms with van der Waals surface area (Å²) in [5.74, 6) is 0.832. The van der Waals surface area contributed by atoms with Gasteiger partial charge in [-0.25, -0.2) is 8.42 Å². The van der Waals surface area contributed by atoms with Gasteiger partial charge in [-0.15, -0.1) is 10.2 Å². The molecule has 1 fully saturated rings. The molecule has 0 spiro atoms. The van der Waals surface area contributed by atoms with Gasteiger partial charge in [-0.2, -0.15) is 9.10 Å². The molecule has 1 amide bonds. The van der Waals surface area contributed by atoms with Crippen molar-refractivity contribution >= 4 is 21.6 Å². The molecular weight excluding hydrogens is 460 g/mol. The van der Waals surface area contributed by atoms with Crippen LogP contribution in [-0.4, -0.2) is 58.5 Å². The molecule has 0 atom stereocenters. The van der Waals surface area contributed by atoms with Gasteiger partial charge in [0.05, 0.1) is 6.61 Å². The quantitative estimate of drug-likeness (QED) is 0.461. The van der Waals surface area contributed by atoms with Gasteiger partial charge >= 0.3 is 0 Å². The molecule has 180 valence electrons. The Labute approximate surface area is 197 Å². The van der Waals surface area contributed by atoms with E-state index in [4.69, 9.17) is 9.47 Å². The van der Waals surface area contributed by atoms with Crippen LogP contribution in [0.15, 0.2) is 53.4 Å². The molecule has 0 radical (unpaired) electrons. The van der Waals surface area contributed by atoms with Crippen LogP contribution in [0.2, 0.25) is 0 Å². The second-order valence-corrected chi connectivity index (χ2v) is 9.50. The van der Waals surface area contributed by atoms with E-state index in [0.29, 0.717) is 37.0 Å². The summed E-state index contributed by atoms with van der Waals surface area (Å²) < 4.78 is 38.8. The van der Waals surface area contributed by atoms with Gasteiger partial charge in [0.15, 0.2) is 6.61 Å². The highest BCUT2D eigenvalue weighted by atomic mass is 32.2. The molecule has 0 saturated carbocycles. The number of nitrogens with one attached hydrogen (secondary N) is 1. The van der Waals surface area contributed by atoms with Gasteiger partial charge in [-0.05, 0) is 55.3 Å². The Bertz CT molecular complexity index is 1230. The van der Waals surface area contributed by atoms with Crippen molar-refractivity contribution in [3.63, 3.8) is 0 Å². The predicted octanol–water partition coefficient (Wildman–Crippen LogP) is 2.07. The van der Waals surface area contributed by atoms with Gasteiger partial charge in [-0.1, -0.05) is 18.2 Å². The summed E-state index contributed by atoms with van der Waals surface area (Å²) in [7, 11) is -3.73. The molecule has 0 aliphatic carbocycles. The minimum Gasteiger partial charge on any atom is -0.492 e. The Morgan fingerprint density at radius 1 is 1.09 bits per heavy atom. The van der Waals surface area contributed by atoms with E-state index in [2.05, 4.69) is 20.7 Å². The maximum atomic E-state index is 13.1. The lowest BCUT2D eigenvalue weighted by molar-refractivity contribution is -0.117. The lowest BCUT2D eigenvalue weighted by Gasteiger charge is -2.19. The Morgan fingerprint density at radius 2 is 1.85 bits per heavy atom. The van der Waals surface area contributed by atoms with E-state index in [-0.39, 0.29) is 23.8 Å². The Kier molecular flexibility index (Phi) is 7.38. The summed E-state index contributed by atoms with van der Waals surface area (Å²) in [5.41, 5.74) is 0.332. The van der Waals surface area contributed by atoms with Gasteiger partial charge in [-0.3, -0.25) is 4.79 Å². The number of sulfonamides is 1. The van der Waals surface area contributed by atoms with Crippen LogP contribution in [0.1, 0.15) is 25.6 Å². The standard InChI is InChI=1S/C22H26N6O5S/c1-2-32-19-11-10-17(14-20(19)34(30,31)27-12-6-7-13-27)23-22(29)15-28-25-21(24-26-28)16-33-18-8-4-3-5-9-18/h3-5,8-11,14H,2,6-7,12-13,15-16H2,1H3,(H,23,29). The minimum atomic E-state index is -3.73. The zero-order chi connectivity index (χ0) is 24.0. The van der Waals surface area contributed by atoms with Crippen molar-refractivity contribution in [2.24, 2.45) is 0 Å². The normalized spacial score (nSPS) is 14.1. The zero-order valence-corrected chi connectivity index (χ0v) is 19.6. The molecule has 1 saturated heterocycles. The molecule has 3 aromatic rings. The van der Waals surface area contributed by atoms with E-state index in [0.717, 1.165) is 17.6 Å². The summed E-state index contributed by atoms with van der Waals surface area (Å²) in [4.78, 5) is 13.7. The molecule has 1 N–H and O–H groups in total. The van der Waals surface area contributed by atoms with Crippen molar-refractivity contribution in [3.05, 3.63) is 54.4 Å². The fraction of sp³-hybridized carbons (Fsp3) is 0.364. The van der Waals surface area contributed by atoms with E-state index in [9.17, 15) is 13.2 Å². The molecule has 1 aromatic heterocycles. The number of tetrazole rings is 1. The first-order valence-electron chi connectivity index (χ1n) is 11.0. The first-order chi connectivity index (χ1) is 16.5. The van der Waals surface area contributed by atoms with Crippen molar-refractivity contribution in [3.8, 4) is 11.5 Å². The summed E-state index contributed by atoms with van der Waals surface area (Å²) in [6.07, 6.45) is 1.64. The van der Waals surface area contributed by atoms with Crippen LogP contribution < -0.4 is 14.8 Å². The van der Waals surface area contributed by atoms with E-state index in [1.54, 1.807) is 19.1 Å². The second kappa shape index (κ2) is 10.6. The number of carbonyl (C=O) groups is 1. The third-order valence-corrected chi connectivity index (χ3v) is 7.02. The maximum Gasteiger partial charge on any atom is 0.248 e. The maximum absolute atomic E-state index is 13.1. The molecule has 4 rings (SSSR count). The molecule has 0 unspecified atom stereocenters. The van der Waals surface area contributed by atoms with Crippen molar-refractivity contribution in [2.75, 3.05) is 25.0 Å². The lowest BCUT2D eigenvalue weighted by Crippen LogP contribution is -2.28. The predicted molar refractivity (Wildman–Crippen MR) is 123 cm³/mol. The summed E-state index contributed by atoms with van der Waals surface area (Å²) in [6, 6.07) is 13.8. The van der Waals surface area contributed by atoms with E-state index in [1.807, 2.05) is 30.3 Å². The first-order valence-corrected chi connectivity index (χ1v) is 12.4. The third kappa shape index (κ3) is 5.69. The van der Waals surface area contributed by atoms with Gasteiger partial charge in [0.1, 0.15) is 22.9 Å². The van der Waals surface area contributed by atoms with Crippen LogP contribution in [0.3, 0.4) is 0 Å². The fourth-order valence-electron chi connectivity index (χ4n) is 3.52. The van der Waals surface area contributed by atoms with Crippen LogP contribution in [0.25, 0.3) is 0 Å². The molecule has 0 bridgehead atoms. The average molecular weight is 487 g/mol. The monoisotopic (exact) mass is 486 g/mol. The molecule has 1 aliphatic rings. The highest BCUT2D eigenvalue weighted by Gasteiger charge is 2.30. The lowest BCUT2D eigenvalue weighted by atomic mass is 10.3. The highest BCUT2D eigenvalue weighted by molar-refractivity contribution is 7.89. The number of nitrogens with zero attached hydrogens (tertiary/aromatic N) is 5. The van der Waals surface area contributed by atoms with Gasteiger partial charge in [0.25, 0.3) is 0 Å². The molecular formula is C22H26N6O5S. The third-order valence-electron chi connectivity index (χ3n) is 5.10. The molecule has 1 aliphatic heterocycles. The molecule has 12 heteroatoms. The van der Waals surface area contributed by atoms with Gasteiger partial charge in [0, 0.05) is 18.8 Å². The SMILES string of the molecule is CCOc1ccc(NC(=O)Cn2nnc(COc3ccccc3)n2)cc1S(=O)(=O)N1CCCC1. The number of benzene rings is 2. The Hall–Kier alpha value is -3.51. The summed E-state index contributed by atoms with van der Waals surface area (Å²) in [6.45, 7) is 2.97. The number of hydrogen-bond acceptors (Lipinski definition) is 8. The minimum absolute atomic E-state index is 0.0354. The largest absolute Gasteiger partial charge is 0.492 e. The molecule has 11 nitrogen and oxygen atoms in total. The van der Waals surface area contributed by atoms with Crippen molar-refractivity contribution in [1.82, 2.24) is 24.5 Å². The first kappa shape index (κ1) is 23.6. The number of aromatic nitrogens is 4. The Morgan fingerprint density at radius 3 is 2.59 bits per heavy atom. The number of para-hydroxylation sites is 1. The van der Waals surface area contributed by atoms with Gasteiger partial charge in [0.2, 0.25) is 21.8 Å². The van der Waals surface area contributed by atoms with E-state index < -0.39 is 15.9 Å². The van der Waals surface area contributed by atoms with Crippen LogP contribution >= 0.6 is 0 Å². The highest BCUT2D eigenvalue weighted by Crippen LogP contribution is 2.31. The number of carbonyl (C=O) groups excluding carboxylic acids is 1. The summed E-state index contributed by atoms with van der Waals surface area (Å²) >= 11 is 0. The van der Waals surface area contributed by atoms with Crippen LogP contribution in [0, 0.1) is 0 Å². The average Bonchev–Trinajstić information content (AvgIpc) is 3.52. The van der Waals surface area contributed by atoms with Crippen LogP contribution in [-0.2, 0) is 28.0 Å². The van der Waals surface area contributed by atoms with Crippen molar-refractivity contribution < 1.29 is 22.7 Å². The van der Waals surface area contributed by atoms with E-state index >= 15 is 0 Å². The van der Waals surface area contributed by atoms with E-state index in [1.165, 1.54) is 10.4 Å². The number of ether oxygens (including phenoxy) is 2. The number of hydrogen-bond donors (Lipinski definition) is 1. The van der Waals surface area contributed by atoms with Crippen LogP contribution in [0.4, 0.5) is 5.69 Å². The summed E-state index contributed by atoms with van der Waals surface area (Å²) in [5, 5.41) is 14.6. The second-order valence-electron chi connectivity index (χ2n) is 7.59. The number of amides is 1. The number of rotatable bonds is 10. The molecule has 2 aromatic carbocycles. The Balaban J connectivity index is 1.41. The van der Waals surface area contributed by atoms with Gasteiger partial charge < -0.3 is 14.8 Å².